The van der Waals surface area contributed by atoms with Gasteiger partial charge in [0.05, 0.1) is 12.8 Å². The summed E-state index contributed by atoms with van der Waals surface area (Å²) in [6.07, 6.45) is 2.52. The zero-order valence-electron chi connectivity index (χ0n) is 11.0. The van der Waals surface area contributed by atoms with Gasteiger partial charge >= 0.3 is 6.03 Å². The summed E-state index contributed by atoms with van der Waals surface area (Å²) in [6.45, 7) is 4.48. The Hall–Kier alpha value is -2.24. The first kappa shape index (κ1) is 13.2. The molecule has 0 radical (unpaired) electrons. The average Bonchev–Trinajstić information content (AvgIpc) is 2.68. The molecule has 0 saturated heterocycles. The third-order valence-corrected chi connectivity index (χ3v) is 2.71. The van der Waals surface area contributed by atoms with Crippen molar-refractivity contribution in [2.45, 2.75) is 26.4 Å². The number of fused-ring (bicyclic) bond motifs is 1. The van der Waals surface area contributed by atoms with Crippen LogP contribution >= 0.6 is 0 Å². The lowest BCUT2D eigenvalue weighted by Gasteiger charge is -2.09. The maximum absolute atomic E-state index is 10.6. The molecule has 0 aromatic heterocycles. The van der Waals surface area contributed by atoms with Gasteiger partial charge in [0.15, 0.2) is 0 Å². The van der Waals surface area contributed by atoms with Crippen LogP contribution in [0.1, 0.15) is 25.0 Å². The Morgan fingerprint density at radius 3 is 3.16 bits per heavy atom. The first-order valence-corrected chi connectivity index (χ1v) is 6.15. The Balaban J connectivity index is 2.28. The van der Waals surface area contributed by atoms with E-state index < -0.39 is 6.03 Å². The molecule has 6 heteroatoms. The molecule has 1 aliphatic heterocycles. The van der Waals surface area contributed by atoms with E-state index in [0.29, 0.717) is 12.4 Å². The minimum atomic E-state index is -0.708. The van der Waals surface area contributed by atoms with Crippen LogP contribution in [-0.2, 0) is 6.42 Å². The van der Waals surface area contributed by atoms with Crippen molar-refractivity contribution in [3.05, 3.63) is 23.3 Å². The smallest absolute Gasteiger partial charge is 0.332 e. The van der Waals surface area contributed by atoms with Crippen LogP contribution in [0.15, 0.2) is 17.2 Å². The maximum atomic E-state index is 10.6. The second-order valence-corrected chi connectivity index (χ2v) is 4.30. The number of nitrogens with zero attached hydrogens (tertiary/aromatic N) is 1. The molecule has 1 heterocycles. The average molecular weight is 263 g/mol. The van der Waals surface area contributed by atoms with E-state index in [1.165, 1.54) is 6.21 Å². The third kappa shape index (κ3) is 3.15. The largest absolute Gasteiger partial charge is 0.493 e. The van der Waals surface area contributed by atoms with Gasteiger partial charge < -0.3 is 15.2 Å². The van der Waals surface area contributed by atoms with E-state index in [0.717, 1.165) is 23.3 Å². The van der Waals surface area contributed by atoms with Crippen LogP contribution in [0, 0.1) is 0 Å². The number of hydrogen-bond donors (Lipinski definition) is 2. The van der Waals surface area contributed by atoms with Gasteiger partial charge in [-0.3, -0.25) is 0 Å². The second-order valence-electron chi connectivity index (χ2n) is 4.30. The number of rotatable bonds is 4. The summed E-state index contributed by atoms with van der Waals surface area (Å²) >= 11 is 0. The number of urea groups is 1. The molecule has 3 N–H and O–H groups in total. The van der Waals surface area contributed by atoms with Crippen molar-refractivity contribution in [3.63, 3.8) is 0 Å². The van der Waals surface area contributed by atoms with E-state index in [4.69, 9.17) is 15.2 Å². The predicted octanol–water partition coefficient (Wildman–Crippen LogP) is 1.41. The van der Waals surface area contributed by atoms with Gasteiger partial charge in [0.1, 0.15) is 17.6 Å². The Bertz CT molecular complexity index is 514. The molecule has 1 aromatic carbocycles. The van der Waals surface area contributed by atoms with Crippen molar-refractivity contribution in [1.29, 1.82) is 0 Å². The van der Waals surface area contributed by atoms with Crippen LogP contribution in [0.3, 0.4) is 0 Å². The van der Waals surface area contributed by atoms with Crippen molar-refractivity contribution in [1.82, 2.24) is 5.43 Å². The van der Waals surface area contributed by atoms with E-state index in [9.17, 15) is 4.79 Å². The van der Waals surface area contributed by atoms with E-state index in [1.807, 2.05) is 26.0 Å². The summed E-state index contributed by atoms with van der Waals surface area (Å²) in [4.78, 5) is 10.6. The van der Waals surface area contributed by atoms with Gasteiger partial charge in [-0.05, 0) is 26.0 Å². The van der Waals surface area contributed by atoms with E-state index in [2.05, 4.69) is 10.5 Å². The van der Waals surface area contributed by atoms with Gasteiger partial charge in [0, 0.05) is 17.5 Å². The highest BCUT2D eigenvalue weighted by atomic mass is 16.5. The SMILES string of the molecule is CCOc1cc2c(cc1C=NNC(N)=O)OC(C)C2. The molecule has 0 fully saturated rings. The fraction of sp³-hybridized carbons (Fsp3) is 0.385. The molecule has 2 rings (SSSR count). The van der Waals surface area contributed by atoms with E-state index >= 15 is 0 Å². The molecule has 19 heavy (non-hydrogen) atoms. The summed E-state index contributed by atoms with van der Waals surface area (Å²) in [6, 6.07) is 3.10. The summed E-state index contributed by atoms with van der Waals surface area (Å²) in [5.74, 6) is 1.55. The standard InChI is InChI=1S/C13H17N3O3/c1-3-18-11-5-9-4-8(2)19-12(9)6-10(11)7-15-16-13(14)17/h5-8H,3-4H2,1-2H3,(H3,14,16,17). The topological polar surface area (TPSA) is 85.9 Å². The summed E-state index contributed by atoms with van der Waals surface area (Å²) in [7, 11) is 0. The number of nitrogens with two attached hydrogens (primary N) is 1. The fourth-order valence-corrected chi connectivity index (χ4v) is 2.00. The van der Waals surface area contributed by atoms with Crippen molar-refractivity contribution in [2.24, 2.45) is 10.8 Å². The number of carbonyl (C=O) groups excluding carboxylic acids is 1. The fourth-order valence-electron chi connectivity index (χ4n) is 2.00. The van der Waals surface area contributed by atoms with Crippen molar-refractivity contribution in [3.8, 4) is 11.5 Å². The molecule has 2 amide bonds. The quantitative estimate of drug-likeness (QED) is 0.636. The minimum absolute atomic E-state index is 0.167. The van der Waals surface area contributed by atoms with Gasteiger partial charge in [0.2, 0.25) is 0 Å². The van der Waals surface area contributed by atoms with Gasteiger partial charge in [-0.1, -0.05) is 0 Å². The molecule has 1 aliphatic rings. The van der Waals surface area contributed by atoms with Crippen molar-refractivity contribution >= 4 is 12.2 Å². The van der Waals surface area contributed by atoms with Gasteiger partial charge in [-0.2, -0.15) is 5.10 Å². The molecule has 6 nitrogen and oxygen atoms in total. The summed E-state index contributed by atoms with van der Waals surface area (Å²) in [5.41, 5.74) is 8.95. The van der Waals surface area contributed by atoms with Gasteiger partial charge in [0.25, 0.3) is 0 Å². The predicted molar refractivity (Wildman–Crippen MR) is 71.7 cm³/mol. The zero-order chi connectivity index (χ0) is 13.8. The molecule has 0 aliphatic carbocycles. The van der Waals surface area contributed by atoms with E-state index in [-0.39, 0.29) is 6.10 Å². The summed E-state index contributed by atoms with van der Waals surface area (Å²) < 4.78 is 11.2. The minimum Gasteiger partial charge on any atom is -0.493 e. The number of nitrogens with one attached hydrogen (secondary N) is 1. The zero-order valence-corrected chi connectivity index (χ0v) is 11.0. The monoisotopic (exact) mass is 263 g/mol. The number of benzene rings is 1. The molecular formula is C13H17N3O3. The lowest BCUT2D eigenvalue weighted by molar-refractivity contribution is 0.249. The third-order valence-electron chi connectivity index (χ3n) is 2.71. The molecule has 1 atom stereocenters. The Labute approximate surface area is 111 Å². The first-order chi connectivity index (χ1) is 9.10. The lowest BCUT2D eigenvalue weighted by atomic mass is 10.1. The summed E-state index contributed by atoms with van der Waals surface area (Å²) in [5, 5.41) is 3.74. The Kier molecular flexibility index (Phi) is 3.89. The normalized spacial score (nSPS) is 17.1. The van der Waals surface area contributed by atoms with Gasteiger partial charge in [-0.25, -0.2) is 10.2 Å². The molecule has 0 bridgehead atoms. The number of hydrogen-bond acceptors (Lipinski definition) is 4. The van der Waals surface area contributed by atoms with E-state index in [1.54, 1.807) is 0 Å². The Morgan fingerprint density at radius 1 is 1.68 bits per heavy atom. The Morgan fingerprint density at radius 2 is 2.47 bits per heavy atom. The molecule has 102 valence electrons. The molecular weight excluding hydrogens is 246 g/mol. The highest BCUT2D eigenvalue weighted by Crippen LogP contribution is 2.34. The van der Waals surface area contributed by atoms with Crippen molar-refractivity contribution < 1.29 is 14.3 Å². The number of carbonyl (C=O) groups is 1. The highest BCUT2D eigenvalue weighted by molar-refractivity contribution is 5.86. The first-order valence-electron chi connectivity index (χ1n) is 6.15. The lowest BCUT2D eigenvalue weighted by Crippen LogP contribution is -2.24. The number of amides is 2. The highest BCUT2D eigenvalue weighted by Gasteiger charge is 2.21. The maximum Gasteiger partial charge on any atom is 0.332 e. The van der Waals surface area contributed by atoms with Crippen LogP contribution in [-0.4, -0.2) is 25.0 Å². The molecule has 0 saturated carbocycles. The van der Waals surface area contributed by atoms with Crippen LogP contribution in [0.5, 0.6) is 11.5 Å². The molecule has 1 unspecified atom stereocenters. The molecule has 1 aromatic rings. The molecule has 0 spiro atoms. The number of ether oxygens (including phenoxy) is 2. The van der Waals surface area contributed by atoms with Crippen LogP contribution in [0.2, 0.25) is 0 Å². The van der Waals surface area contributed by atoms with Crippen LogP contribution < -0.4 is 20.6 Å². The second kappa shape index (κ2) is 5.60. The van der Waals surface area contributed by atoms with Gasteiger partial charge in [-0.15, -0.1) is 0 Å². The van der Waals surface area contributed by atoms with Crippen LogP contribution in [0.25, 0.3) is 0 Å². The van der Waals surface area contributed by atoms with Crippen LogP contribution in [0.4, 0.5) is 4.79 Å². The number of primary amides is 1. The number of hydrazone groups is 1. The van der Waals surface area contributed by atoms with Crippen molar-refractivity contribution in [2.75, 3.05) is 6.61 Å².